The van der Waals surface area contributed by atoms with E-state index in [1.54, 1.807) is 6.20 Å². The summed E-state index contributed by atoms with van der Waals surface area (Å²) < 4.78 is 6.01. The summed E-state index contributed by atoms with van der Waals surface area (Å²) in [6.07, 6.45) is 7.61. The third-order valence-corrected chi connectivity index (χ3v) is 2.71. The van der Waals surface area contributed by atoms with Crippen molar-refractivity contribution in [1.29, 1.82) is 0 Å². The lowest BCUT2D eigenvalue weighted by molar-refractivity contribution is 0.472. The average molecular weight is 254 g/mol. The van der Waals surface area contributed by atoms with Gasteiger partial charge in [-0.2, -0.15) is 0 Å². The van der Waals surface area contributed by atoms with Gasteiger partial charge in [0, 0.05) is 30.1 Å². The van der Waals surface area contributed by atoms with Gasteiger partial charge in [0.15, 0.2) is 0 Å². The van der Waals surface area contributed by atoms with Gasteiger partial charge in [0.05, 0.1) is 0 Å². The standard InChI is InChI=1S/C16H18N2O/c1-3-6-13-7-4-5-8-15(13)19-16-9-10-18-12-14(16)11-17-2/h3-10,12,17H,11H2,1-2H3/b6-3+. The van der Waals surface area contributed by atoms with E-state index in [4.69, 9.17) is 4.74 Å². The van der Waals surface area contributed by atoms with Gasteiger partial charge < -0.3 is 10.1 Å². The van der Waals surface area contributed by atoms with E-state index >= 15 is 0 Å². The number of pyridine rings is 1. The molecule has 2 aromatic rings. The lowest BCUT2D eigenvalue weighted by atomic mass is 10.2. The van der Waals surface area contributed by atoms with Crippen molar-refractivity contribution in [2.24, 2.45) is 0 Å². The fourth-order valence-electron chi connectivity index (χ4n) is 1.85. The van der Waals surface area contributed by atoms with E-state index in [-0.39, 0.29) is 0 Å². The molecule has 0 bridgehead atoms. The zero-order valence-corrected chi connectivity index (χ0v) is 11.3. The molecular weight excluding hydrogens is 236 g/mol. The summed E-state index contributed by atoms with van der Waals surface area (Å²) in [5.41, 5.74) is 2.11. The molecule has 0 unspecified atom stereocenters. The number of para-hydroxylation sites is 1. The van der Waals surface area contributed by atoms with E-state index in [9.17, 15) is 0 Å². The molecule has 1 heterocycles. The van der Waals surface area contributed by atoms with Crippen molar-refractivity contribution in [3.63, 3.8) is 0 Å². The summed E-state index contributed by atoms with van der Waals surface area (Å²) in [6.45, 7) is 2.73. The second-order valence-electron chi connectivity index (χ2n) is 4.15. The van der Waals surface area contributed by atoms with E-state index in [0.29, 0.717) is 0 Å². The highest BCUT2D eigenvalue weighted by molar-refractivity contribution is 5.58. The highest BCUT2D eigenvalue weighted by Gasteiger charge is 2.06. The molecular formula is C16H18N2O. The first kappa shape index (κ1) is 13.3. The van der Waals surface area contributed by atoms with Gasteiger partial charge >= 0.3 is 0 Å². The number of aromatic nitrogens is 1. The Hall–Kier alpha value is -2.13. The molecule has 0 radical (unpaired) electrons. The molecule has 19 heavy (non-hydrogen) atoms. The molecule has 1 N–H and O–H groups in total. The van der Waals surface area contributed by atoms with E-state index in [2.05, 4.69) is 10.3 Å². The van der Waals surface area contributed by atoms with Gasteiger partial charge in [-0.3, -0.25) is 4.98 Å². The number of ether oxygens (including phenoxy) is 1. The third kappa shape index (κ3) is 3.42. The van der Waals surface area contributed by atoms with E-state index in [1.807, 2.05) is 62.7 Å². The molecule has 0 amide bonds. The Morgan fingerprint density at radius 3 is 2.84 bits per heavy atom. The van der Waals surface area contributed by atoms with Crippen LogP contribution in [0.25, 0.3) is 6.08 Å². The maximum absolute atomic E-state index is 6.01. The van der Waals surface area contributed by atoms with Crippen molar-refractivity contribution < 1.29 is 4.74 Å². The fourth-order valence-corrected chi connectivity index (χ4v) is 1.85. The van der Waals surface area contributed by atoms with Gasteiger partial charge in [0.2, 0.25) is 0 Å². The molecule has 98 valence electrons. The predicted octanol–water partition coefficient (Wildman–Crippen LogP) is 3.63. The molecule has 0 aliphatic rings. The van der Waals surface area contributed by atoms with Gasteiger partial charge in [-0.05, 0) is 26.1 Å². The smallest absolute Gasteiger partial charge is 0.135 e. The lowest BCUT2D eigenvalue weighted by Crippen LogP contribution is -2.06. The Labute approximate surface area is 114 Å². The van der Waals surface area contributed by atoms with Crippen LogP contribution in [0.4, 0.5) is 0 Å². The summed E-state index contributed by atoms with van der Waals surface area (Å²) in [7, 11) is 1.91. The summed E-state index contributed by atoms with van der Waals surface area (Å²) in [5.74, 6) is 1.69. The topological polar surface area (TPSA) is 34.1 Å². The number of benzene rings is 1. The summed E-state index contributed by atoms with van der Waals surface area (Å²) in [5, 5.41) is 3.12. The second kappa shape index (κ2) is 6.71. The molecule has 0 saturated heterocycles. The summed E-state index contributed by atoms with van der Waals surface area (Å²) in [6, 6.07) is 9.87. The van der Waals surface area contributed by atoms with Crippen molar-refractivity contribution in [2.75, 3.05) is 7.05 Å². The van der Waals surface area contributed by atoms with Gasteiger partial charge in [-0.1, -0.05) is 30.4 Å². The molecule has 0 spiro atoms. The predicted molar refractivity (Wildman–Crippen MR) is 78.2 cm³/mol. The molecule has 0 fully saturated rings. The Bertz CT molecular complexity index is 564. The maximum atomic E-state index is 6.01. The lowest BCUT2D eigenvalue weighted by Gasteiger charge is -2.12. The van der Waals surface area contributed by atoms with Gasteiger partial charge in [0.1, 0.15) is 11.5 Å². The maximum Gasteiger partial charge on any atom is 0.135 e. The monoisotopic (exact) mass is 254 g/mol. The molecule has 2 rings (SSSR count). The van der Waals surface area contributed by atoms with Crippen molar-refractivity contribution in [3.05, 3.63) is 59.9 Å². The van der Waals surface area contributed by atoms with Crippen LogP contribution in [-0.2, 0) is 6.54 Å². The van der Waals surface area contributed by atoms with Crippen LogP contribution in [-0.4, -0.2) is 12.0 Å². The van der Waals surface area contributed by atoms with Crippen LogP contribution < -0.4 is 10.1 Å². The molecule has 1 aromatic carbocycles. The highest BCUT2D eigenvalue weighted by atomic mass is 16.5. The van der Waals surface area contributed by atoms with Crippen molar-refractivity contribution in [2.45, 2.75) is 13.5 Å². The van der Waals surface area contributed by atoms with E-state index in [0.717, 1.165) is 29.2 Å². The molecule has 3 nitrogen and oxygen atoms in total. The average Bonchev–Trinajstić information content (AvgIpc) is 2.44. The highest BCUT2D eigenvalue weighted by Crippen LogP contribution is 2.28. The Balaban J connectivity index is 2.31. The molecule has 0 aliphatic heterocycles. The Morgan fingerprint density at radius 2 is 2.05 bits per heavy atom. The number of nitrogens with zero attached hydrogens (tertiary/aromatic N) is 1. The molecule has 0 saturated carbocycles. The number of nitrogens with one attached hydrogen (secondary N) is 1. The van der Waals surface area contributed by atoms with Crippen LogP contribution in [0.5, 0.6) is 11.5 Å². The minimum absolute atomic E-state index is 0.731. The number of hydrogen-bond acceptors (Lipinski definition) is 3. The quantitative estimate of drug-likeness (QED) is 0.884. The van der Waals surface area contributed by atoms with Crippen LogP contribution >= 0.6 is 0 Å². The largest absolute Gasteiger partial charge is 0.456 e. The molecule has 3 heteroatoms. The SMILES string of the molecule is C/C=C/c1ccccc1Oc1ccncc1CNC. The van der Waals surface area contributed by atoms with Crippen LogP contribution in [0.2, 0.25) is 0 Å². The van der Waals surface area contributed by atoms with Crippen LogP contribution in [0.15, 0.2) is 48.8 Å². The molecule has 0 atom stereocenters. The van der Waals surface area contributed by atoms with E-state index < -0.39 is 0 Å². The normalized spacial score (nSPS) is 10.8. The van der Waals surface area contributed by atoms with Crippen LogP contribution in [0.3, 0.4) is 0 Å². The number of hydrogen-bond donors (Lipinski definition) is 1. The van der Waals surface area contributed by atoms with E-state index in [1.165, 1.54) is 0 Å². The van der Waals surface area contributed by atoms with Crippen molar-refractivity contribution in [1.82, 2.24) is 10.3 Å². The second-order valence-corrected chi connectivity index (χ2v) is 4.15. The first-order chi connectivity index (χ1) is 9.35. The van der Waals surface area contributed by atoms with Gasteiger partial charge in [0.25, 0.3) is 0 Å². The van der Waals surface area contributed by atoms with Crippen molar-refractivity contribution in [3.8, 4) is 11.5 Å². The molecule has 0 aliphatic carbocycles. The van der Waals surface area contributed by atoms with Crippen LogP contribution in [0.1, 0.15) is 18.1 Å². The first-order valence-corrected chi connectivity index (χ1v) is 6.32. The fraction of sp³-hybridized carbons (Fsp3) is 0.188. The number of rotatable bonds is 5. The minimum atomic E-state index is 0.731. The Morgan fingerprint density at radius 1 is 1.21 bits per heavy atom. The van der Waals surface area contributed by atoms with Gasteiger partial charge in [-0.15, -0.1) is 0 Å². The van der Waals surface area contributed by atoms with Crippen molar-refractivity contribution >= 4 is 6.08 Å². The number of allylic oxidation sites excluding steroid dienone is 1. The zero-order chi connectivity index (χ0) is 13.5. The van der Waals surface area contributed by atoms with Crippen LogP contribution in [0, 0.1) is 0 Å². The summed E-state index contributed by atoms with van der Waals surface area (Å²) >= 11 is 0. The summed E-state index contributed by atoms with van der Waals surface area (Å²) in [4.78, 5) is 4.13. The first-order valence-electron chi connectivity index (χ1n) is 6.32. The zero-order valence-electron chi connectivity index (χ0n) is 11.3. The molecule has 1 aromatic heterocycles. The third-order valence-electron chi connectivity index (χ3n) is 2.71. The Kier molecular flexibility index (Phi) is 4.70. The van der Waals surface area contributed by atoms with Gasteiger partial charge in [-0.25, -0.2) is 0 Å². The minimum Gasteiger partial charge on any atom is -0.456 e.